The molecule has 2 fully saturated rings. The number of hydrogen-bond donors (Lipinski definition) is 2. The zero-order valence-electron chi connectivity index (χ0n) is 9.62. The maximum absolute atomic E-state index is 11.8. The number of nitrogens with one attached hydrogen (secondary N) is 1. The van der Waals surface area contributed by atoms with Gasteiger partial charge in [-0.05, 0) is 32.2 Å². The van der Waals surface area contributed by atoms with Crippen molar-refractivity contribution in [3.05, 3.63) is 0 Å². The van der Waals surface area contributed by atoms with E-state index in [9.17, 15) is 9.90 Å². The quantitative estimate of drug-likeness (QED) is 0.713. The third-order valence-corrected chi connectivity index (χ3v) is 4.04. The molecule has 1 saturated heterocycles. The van der Waals surface area contributed by atoms with Crippen LogP contribution in [-0.2, 0) is 9.53 Å². The van der Waals surface area contributed by atoms with E-state index in [0.717, 1.165) is 32.2 Å². The number of carbonyl (C=O) groups is 1. The van der Waals surface area contributed by atoms with Gasteiger partial charge in [0.2, 0.25) is 0 Å². The van der Waals surface area contributed by atoms with Crippen LogP contribution >= 0.6 is 12.4 Å². The summed E-state index contributed by atoms with van der Waals surface area (Å²) in [5, 5.41) is 13.8. The minimum atomic E-state index is -0.892. The molecule has 1 heterocycles. The second-order valence-electron chi connectivity index (χ2n) is 4.74. The van der Waals surface area contributed by atoms with Gasteiger partial charge >= 0.3 is 5.97 Å². The molecule has 0 bridgehead atoms. The van der Waals surface area contributed by atoms with Gasteiger partial charge in [0, 0.05) is 6.54 Å². The van der Waals surface area contributed by atoms with Crippen molar-refractivity contribution in [2.24, 2.45) is 5.41 Å². The Morgan fingerprint density at radius 2 is 2.00 bits per heavy atom. The number of rotatable bonds is 2. The highest BCUT2D eigenvalue weighted by Crippen LogP contribution is 2.52. The van der Waals surface area contributed by atoms with Crippen molar-refractivity contribution >= 4 is 18.4 Å². The molecule has 1 aliphatic carbocycles. The van der Waals surface area contributed by atoms with Crippen LogP contribution in [-0.4, -0.2) is 36.9 Å². The van der Waals surface area contributed by atoms with E-state index in [1.807, 2.05) is 0 Å². The van der Waals surface area contributed by atoms with Gasteiger partial charge in [-0.1, -0.05) is 6.42 Å². The monoisotopic (exact) mass is 249 g/mol. The summed E-state index contributed by atoms with van der Waals surface area (Å²) in [6.45, 7) is 1.45. The molecule has 0 aromatic heterocycles. The predicted octanol–water partition coefficient (Wildman–Crippen LogP) is 0.866. The Morgan fingerprint density at radius 3 is 2.38 bits per heavy atom. The van der Waals surface area contributed by atoms with Crippen LogP contribution in [0.2, 0.25) is 0 Å². The second-order valence-corrected chi connectivity index (χ2v) is 4.74. The lowest BCUT2D eigenvalue weighted by atomic mass is 9.56. The van der Waals surface area contributed by atoms with Crippen LogP contribution < -0.4 is 5.32 Å². The molecule has 2 aliphatic rings. The molecule has 1 atom stereocenters. The van der Waals surface area contributed by atoms with Gasteiger partial charge in [-0.2, -0.15) is 0 Å². The van der Waals surface area contributed by atoms with Crippen molar-refractivity contribution in [1.29, 1.82) is 0 Å². The van der Waals surface area contributed by atoms with Crippen LogP contribution in [0.3, 0.4) is 0 Å². The van der Waals surface area contributed by atoms with Crippen molar-refractivity contribution in [2.75, 3.05) is 20.2 Å². The molecule has 0 aromatic carbocycles. The Bertz CT molecular complexity index is 260. The first-order valence-electron chi connectivity index (χ1n) is 5.66. The summed E-state index contributed by atoms with van der Waals surface area (Å²) < 4.78 is 4.85. The average Bonchev–Trinajstić information content (AvgIpc) is 2.16. The summed E-state index contributed by atoms with van der Waals surface area (Å²) in [6.07, 6.45) is 4.16. The Balaban J connectivity index is 0.00000128. The second kappa shape index (κ2) is 4.90. The van der Waals surface area contributed by atoms with Crippen molar-refractivity contribution in [1.82, 2.24) is 5.32 Å². The molecule has 0 aromatic rings. The van der Waals surface area contributed by atoms with Gasteiger partial charge in [0.15, 0.2) is 0 Å². The number of carbonyl (C=O) groups excluding carboxylic acids is 1. The predicted molar refractivity (Wildman–Crippen MR) is 62.6 cm³/mol. The fourth-order valence-electron chi connectivity index (χ4n) is 2.88. The van der Waals surface area contributed by atoms with E-state index in [4.69, 9.17) is 4.74 Å². The third kappa shape index (κ3) is 1.83. The highest BCUT2D eigenvalue weighted by Gasteiger charge is 2.59. The van der Waals surface area contributed by atoms with Gasteiger partial charge in [0.1, 0.15) is 0 Å². The fraction of sp³-hybridized carbons (Fsp3) is 0.909. The van der Waals surface area contributed by atoms with E-state index in [2.05, 4.69) is 5.32 Å². The van der Waals surface area contributed by atoms with E-state index in [1.54, 1.807) is 0 Å². The summed E-state index contributed by atoms with van der Waals surface area (Å²) >= 11 is 0. The van der Waals surface area contributed by atoms with Crippen LogP contribution in [0.25, 0.3) is 0 Å². The van der Waals surface area contributed by atoms with E-state index in [1.165, 1.54) is 7.11 Å². The fourth-order valence-corrected chi connectivity index (χ4v) is 2.88. The number of hydrogen-bond acceptors (Lipinski definition) is 4. The Hall–Kier alpha value is -0.320. The molecule has 94 valence electrons. The summed E-state index contributed by atoms with van der Waals surface area (Å²) in [5.74, 6) is -0.236. The largest absolute Gasteiger partial charge is 0.469 e. The highest BCUT2D eigenvalue weighted by molar-refractivity contribution is 5.85. The number of esters is 1. The lowest BCUT2D eigenvalue weighted by Crippen LogP contribution is -2.63. The Labute approximate surface area is 102 Å². The maximum Gasteiger partial charge on any atom is 0.314 e. The van der Waals surface area contributed by atoms with Gasteiger partial charge in [0.25, 0.3) is 0 Å². The van der Waals surface area contributed by atoms with Gasteiger partial charge < -0.3 is 15.2 Å². The lowest BCUT2D eigenvalue weighted by molar-refractivity contribution is -0.191. The van der Waals surface area contributed by atoms with E-state index in [-0.39, 0.29) is 18.4 Å². The first kappa shape index (κ1) is 13.7. The number of piperidine rings is 1. The van der Waals surface area contributed by atoms with E-state index >= 15 is 0 Å². The van der Waals surface area contributed by atoms with Gasteiger partial charge in [-0.3, -0.25) is 4.79 Å². The molecule has 0 spiro atoms. The number of halogens is 1. The standard InChI is InChI=1S/C11H19NO3.ClH/c1-15-9(13)10(4-2-5-10)11(14)6-3-7-12-8-11;/h12,14H,2-8H2,1H3;1H. The van der Waals surface area contributed by atoms with Crippen LogP contribution in [0.15, 0.2) is 0 Å². The van der Waals surface area contributed by atoms with Crippen LogP contribution in [0, 0.1) is 5.41 Å². The molecule has 16 heavy (non-hydrogen) atoms. The van der Waals surface area contributed by atoms with Gasteiger partial charge in [0.05, 0.1) is 18.1 Å². The normalized spacial score (nSPS) is 32.1. The van der Waals surface area contributed by atoms with Crippen LogP contribution in [0.5, 0.6) is 0 Å². The number of methoxy groups -OCH3 is 1. The van der Waals surface area contributed by atoms with E-state index in [0.29, 0.717) is 13.0 Å². The maximum atomic E-state index is 11.8. The summed E-state index contributed by atoms with van der Waals surface area (Å²) in [5.41, 5.74) is -1.52. The molecule has 1 saturated carbocycles. The first-order chi connectivity index (χ1) is 7.15. The topological polar surface area (TPSA) is 58.6 Å². The van der Waals surface area contributed by atoms with Crippen molar-refractivity contribution in [3.63, 3.8) is 0 Å². The van der Waals surface area contributed by atoms with Crippen molar-refractivity contribution in [3.8, 4) is 0 Å². The summed E-state index contributed by atoms with van der Waals surface area (Å²) in [4.78, 5) is 11.8. The molecule has 1 aliphatic heterocycles. The van der Waals surface area contributed by atoms with Crippen molar-refractivity contribution < 1.29 is 14.6 Å². The third-order valence-electron chi connectivity index (χ3n) is 4.04. The zero-order valence-corrected chi connectivity index (χ0v) is 10.4. The SMILES string of the molecule is COC(=O)C1(C2(O)CCCNC2)CCC1.Cl. The minimum Gasteiger partial charge on any atom is -0.469 e. The van der Waals surface area contributed by atoms with Crippen LogP contribution in [0.4, 0.5) is 0 Å². The molecule has 5 heteroatoms. The highest BCUT2D eigenvalue weighted by atomic mass is 35.5. The molecule has 0 radical (unpaired) electrons. The molecule has 4 nitrogen and oxygen atoms in total. The zero-order chi connectivity index (χ0) is 10.9. The van der Waals surface area contributed by atoms with Gasteiger partial charge in [-0.25, -0.2) is 0 Å². The molecule has 2 N–H and O–H groups in total. The molecular weight excluding hydrogens is 230 g/mol. The van der Waals surface area contributed by atoms with E-state index < -0.39 is 11.0 Å². The molecule has 2 rings (SSSR count). The molecule has 1 unspecified atom stereocenters. The molecule has 0 amide bonds. The minimum absolute atomic E-state index is 0. The summed E-state index contributed by atoms with van der Waals surface area (Å²) in [7, 11) is 1.40. The Morgan fingerprint density at radius 1 is 1.31 bits per heavy atom. The number of ether oxygens (including phenoxy) is 1. The molecular formula is C11H20ClNO3. The van der Waals surface area contributed by atoms with Crippen molar-refractivity contribution in [2.45, 2.75) is 37.7 Å². The smallest absolute Gasteiger partial charge is 0.314 e. The summed E-state index contributed by atoms with van der Waals surface area (Å²) in [6, 6.07) is 0. The first-order valence-corrected chi connectivity index (χ1v) is 5.66. The number of β-amino-alcohol motifs (C(OH)–C–C–N with tert-alkyl or cyclic N) is 1. The van der Waals surface area contributed by atoms with Gasteiger partial charge in [-0.15, -0.1) is 12.4 Å². The van der Waals surface area contributed by atoms with Crippen LogP contribution in [0.1, 0.15) is 32.1 Å². The number of aliphatic hydroxyl groups is 1. The lowest BCUT2D eigenvalue weighted by Gasteiger charge is -2.52. The Kier molecular flexibility index (Phi) is 4.21. The average molecular weight is 250 g/mol.